The minimum Gasteiger partial charge on any atom is -0.373 e. The van der Waals surface area contributed by atoms with Crippen molar-refractivity contribution in [3.8, 4) is 0 Å². The molecule has 1 saturated heterocycles. The molecule has 3 rings (SSSR count). The molecule has 4 heteroatoms. The second kappa shape index (κ2) is 4.68. The molecule has 0 aromatic heterocycles. The van der Waals surface area contributed by atoms with Gasteiger partial charge in [0.1, 0.15) is 6.04 Å². The Bertz CT molecular complexity index is 539. The Hall–Kier alpha value is -1.84. The minimum absolute atomic E-state index is 0.104. The van der Waals surface area contributed by atoms with E-state index in [9.17, 15) is 9.59 Å². The summed E-state index contributed by atoms with van der Waals surface area (Å²) in [4.78, 5) is 24.7. The van der Waals surface area contributed by atoms with Crippen molar-refractivity contribution >= 4 is 17.5 Å². The summed E-state index contributed by atoms with van der Waals surface area (Å²) in [7, 11) is 1.55. The summed E-state index contributed by atoms with van der Waals surface area (Å²) >= 11 is 0. The number of rotatable bonds is 2. The number of anilines is 1. The molecule has 2 aliphatic rings. The van der Waals surface area contributed by atoms with E-state index in [0.29, 0.717) is 0 Å². The number of fused-ring (bicyclic) bond motifs is 1. The maximum Gasteiger partial charge on any atom is 0.251 e. The zero-order valence-electron chi connectivity index (χ0n) is 11.1. The average Bonchev–Trinajstić information content (AvgIpc) is 2.67. The van der Waals surface area contributed by atoms with Crippen LogP contribution >= 0.6 is 0 Å². The number of carbonyl (C=O) groups is 2. The fourth-order valence-electron chi connectivity index (χ4n) is 2.97. The van der Waals surface area contributed by atoms with Crippen LogP contribution in [0.1, 0.15) is 30.4 Å². The molecule has 0 spiro atoms. The van der Waals surface area contributed by atoms with Crippen molar-refractivity contribution in [2.75, 3.05) is 12.4 Å². The second-order valence-corrected chi connectivity index (χ2v) is 5.34. The second-order valence-electron chi connectivity index (χ2n) is 5.34. The Balaban J connectivity index is 1.84. The Morgan fingerprint density at radius 1 is 1.21 bits per heavy atom. The first kappa shape index (κ1) is 12.2. The number of amides is 2. The van der Waals surface area contributed by atoms with Gasteiger partial charge in [0.05, 0.1) is 6.42 Å². The lowest BCUT2D eigenvalue weighted by atomic mass is 9.90. The van der Waals surface area contributed by atoms with E-state index < -0.39 is 6.04 Å². The lowest BCUT2D eigenvalue weighted by Crippen LogP contribution is -2.32. The van der Waals surface area contributed by atoms with Gasteiger partial charge >= 0.3 is 0 Å². The van der Waals surface area contributed by atoms with Crippen LogP contribution in [-0.4, -0.2) is 29.8 Å². The maximum absolute atomic E-state index is 11.9. The molecule has 100 valence electrons. The largest absolute Gasteiger partial charge is 0.373 e. The number of likely N-dealkylation sites (tertiary alicyclic amines) is 1. The Labute approximate surface area is 112 Å². The van der Waals surface area contributed by atoms with Crippen molar-refractivity contribution < 1.29 is 9.59 Å². The fourth-order valence-corrected chi connectivity index (χ4v) is 2.97. The van der Waals surface area contributed by atoms with Gasteiger partial charge in [0.15, 0.2) is 0 Å². The smallest absolute Gasteiger partial charge is 0.251 e. The molecule has 1 heterocycles. The van der Waals surface area contributed by atoms with Gasteiger partial charge in [-0.15, -0.1) is 0 Å². The van der Waals surface area contributed by atoms with Crippen LogP contribution in [0.2, 0.25) is 0 Å². The van der Waals surface area contributed by atoms with E-state index in [-0.39, 0.29) is 18.2 Å². The van der Waals surface area contributed by atoms with E-state index in [1.54, 1.807) is 7.05 Å². The van der Waals surface area contributed by atoms with Crippen LogP contribution in [0.25, 0.3) is 0 Å². The number of nitrogens with one attached hydrogen (secondary N) is 1. The Morgan fingerprint density at radius 3 is 2.74 bits per heavy atom. The molecule has 1 aromatic rings. The van der Waals surface area contributed by atoms with Crippen LogP contribution < -0.4 is 5.32 Å². The van der Waals surface area contributed by atoms with Crippen molar-refractivity contribution in [3.63, 3.8) is 0 Å². The minimum atomic E-state index is -0.397. The number of benzene rings is 1. The Kier molecular flexibility index (Phi) is 3.01. The van der Waals surface area contributed by atoms with Gasteiger partial charge in [-0.3, -0.25) is 14.5 Å². The first-order valence-electron chi connectivity index (χ1n) is 6.84. The summed E-state index contributed by atoms with van der Waals surface area (Å²) in [6.45, 7) is 0. The average molecular weight is 258 g/mol. The number of nitrogens with zero attached hydrogens (tertiary/aromatic N) is 1. The van der Waals surface area contributed by atoms with Crippen molar-refractivity contribution in [2.24, 2.45) is 0 Å². The Morgan fingerprint density at radius 2 is 2.00 bits per heavy atom. The fraction of sp³-hybridized carbons (Fsp3) is 0.467. The monoisotopic (exact) mass is 258 g/mol. The van der Waals surface area contributed by atoms with Gasteiger partial charge in [0.25, 0.3) is 5.91 Å². The summed E-state index contributed by atoms with van der Waals surface area (Å²) in [5, 5.41) is 3.27. The molecule has 0 bridgehead atoms. The summed E-state index contributed by atoms with van der Waals surface area (Å²) in [6, 6.07) is 5.80. The summed E-state index contributed by atoms with van der Waals surface area (Å²) < 4.78 is 0. The number of carbonyl (C=O) groups excluding carboxylic acids is 2. The van der Waals surface area contributed by atoms with E-state index in [2.05, 4.69) is 11.4 Å². The third-order valence-corrected chi connectivity index (χ3v) is 4.11. The predicted molar refractivity (Wildman–Crippen MR) is 72.9 cm³/mol. The molecular weight excluding hydrogens is 240 g/mol. The van der Waals surface area contributed by atoms with Crippen LogP contribution in [0.15, 0.2) is 18.2 Å². The maximum atomic E-state index is 11.9. The summed E-state index contributed by atoms with van der Waals surface area (Å²) in [5.41, 5.74) is 3.73. The van der Waals surface area contributed by atoms with Gasteiger partial charge in [-0.05, 0) is 42.9 Å². The van der Waals surface area contributed by atoms with Gasteiger partial charge < -0.3 is 5.32 Å². The first-order valence-corrected chi connectivity index (χ1v) is 6.84. The number of likely N-dealkylation sites (N-methyl/N-ethyl adjacent to an activating group) is 1. The molecule has 1 aromatic carbocycles. The standard InChI is InChI=1S/C15H18N2O2/c1-17-14(18)9-13(15(17)19)16-12-8-4-6-10-5-2-3-7-11(10)12/h4,6,8,13,16H,2-3,5,7,9H2,1H3. The summed E-state index contributed by atoms with van der Waals surface area (Å²) in [5.74, 6) is -0.231. The lowest BCUT2D eigenvalue weighted by molar-refractivity contribution is -0.136. The van der Waals surface area contributed by atoms with Crippen molar-refractivity contribution in [1.82, 2.24) is 4.90 Å². The third kappa shape index (κ3) is 2.11. The van der Waals surface area contributed by atoms with Gasteiger partial charge in [-0.1, -0.05) is 12.1 Å². The molecular formula is C15H18N2O2. The molecule has 1 aliphatic carbocycles. The van der Waals surface area contributed by atoms with Gasteiger partial charge in [-0.25, -0.2) is 0 Å². The van der Waals surface area contributed by atoms with E-state index in [1.807, 2.05) is 12.1 Å². The van der Waals surface area contributed by atoms with Gasteiger partial charge in [-0.2, -0.15) is 0 Å². The molecule has 1 N–H and O–H groups in total. The number of hydrogen-bond donors (Lipinski definition) is 1. The molecule has 1 aliphatic heterocycles. The van der Waals surface area contributed by atoms with E-state index in [0.717, 1.165) is 18.5 Å². The zero-order valence-corrected chi connectivity index (χ0v) is 11.1. The van der Waals surface area contributed by atoms with Gasteiger partial charge in [0, 0.05) is 12.7 Å². The van der Waals surface area contributed by atoms with Gasteiger partial charge in [0.2, 0.25) is 5.91 Å². The number of aryl methyl sites for hydroxylation is 1. The first-order chi connectivity index (χ1) is 9.16. The molecule has 1 atom stereocenters. The predicted octanol–water partition coefficient (Wildman–Crippen LogP) is 1.73. The molecule has 2 amide bonds. The number of imide groups is 1. The van der Waals surface area contributed by atoms with Crippen LogP contribution in [0.3, 0.4) is 0 Å². The van der Waals surface area contributed by atoms with Crippen LogP contribution in [0.4, 0.5) is 5.69 Å². The SMILES string of the molecule is CN1C(=O)CC(Nc2cccc3c2CCCC3)C1=O. The highest BCUT2D eigenvalue weighted by Gasteiger charge is 2.36. The lowest BCUT2D eigenvalue weighted by Gasteiger charge is -2.21. The van der Waals surface area contributed by atoms with E-state index in [1.165, 1.54) is 28.9 Å². The summed E-state index contributed by atoms with van der Waals surface area (Å²) in [6.07, 6.45) is 4.87. The van der Waals surface area contributed by atoms with Crippen LogP contribution in [0.5, 0.6) is 0 Å². The van der Waals surface area contributed by atoms with Crippen LogP contribution in [-0.2, 0) is 22.4 Å². The normalized spacial score (nSPS) is 22.6. The zero-order chi connectivity index (χ0) is 13.4. The van der Waals surface area contributed by atoms with Crippen LogP contribution in [0, 0.1) is 0 Å². The highest BCUT2D eigenvalue weighted by Crippen LogP contribution is 2.29. The molecule has 1 unspecified atom stereocenters. The third-order valence-electron chi connectivity index (χ3n) is 4.11. The highest BCUT2D eigenvalue weighted by molar-refractivity contribution is 6.06. The molecule has 1 fully saturated rings. The topological polar surface area (TPSA) is 49.4 Å². The van der Waals surface area contributed by atoms with E-state index >= 15 is 0 Å². The quantitative estimate of drug-likeness (QED) is 0.822. The van der Waals surface area contributed by atoms with E-state index in [4.69, 9.17) is 0 Å². The highest BCUT2D eigenvalue weighted by atomic mass is 16.2. The van der Waals surface area contributed by atoms with Crippen molar-refractivity contribution in [2.45, 2.75) is 38.1 Å². The molecule has 0 saturated carbocycles. The molecule has 4 nitrogen and oxygen atoms in total. The molecule has 19 heavy (non-hydrogen) atoms. The molecule has 0 radical (unpaired) electrons. The number of hydrogen-bond acceptors (Lipinski definition) is 3. The van der Waals surface area contributed by atoms with Crippen molar-refractivity contribution in [3.05, 3.63) is 29.3 Å². The van der Waals surface area contributed by atoms with Crippen molar-refractivity contribution in [1.29, 1.82) is 0 Å².